The van der Waals surface area contributed by atoms with Crippen LogP contribution in [0.15, 0.2) is 18.2 Å². The molecule has 0 amide bonds. The lowest BCUT2D eigenvalue weighted by Gasteiger charge is -2.07. The summed E-state index contributed by atoms with van der Waals surface area (Å²) in [5.41, 5.74) is 3.19. The maximum atomic E-state index is 6.11. The van der Waals surface area contributed by atoms with Crippen LogP contribution in [0.5, 0.6) is 5.75 Å². The molecule has 0 atom stereocenters. The molecule has 1 aromatic carbocycles. The van der Waals surface area contributed by atoms with Gasteiger partial charge in [0.15, 0.2) is 0 Å². The summed E-state index contributed by atoms with van der Waals surface area (Å²) in [4.78, 5) is 0. The number of nitrogens with one attached hydrogen (secondary N) is 1. The maximum Gasteiger partial charge on any atom is 0.128 e. The van der Waals surface area contributed by atoms with E-state index in [2.05, 4.69) is 17.3 Å². The van der Waals surface area contributed by atoms with Gasteiger partial charge in [-0.3, -0.25) is 0 Å². The minimum atomic E-state index is 0.696. The summed E-state index contributed by atoms with van der Waals surface area (Å²) >= 11 is 6.11. The SMILES string of the molecule is CCn1nc(-c2cc(Cl)ccc2OC)c2c1NCC2. The average Bonchev–Trinajstić information content (AvgIpc) is 3.00. The molecule has 1 N–H and O–H groups in total. The third-order valence-electron chi connectivity index (χ3n) is 3.43. The van der Waals surface area contributed by atoms with Crippen molar-refractivity contribution < 1.29 is 4.74 Å². The van der Waals surface area contributed by atoms with Crippen molar-refractivity contribution in [3.63, 3.8) is 0 Å². The Bertz CT molecular complexity index is 621. The smallest absolute Gasteiger partial charge is 0.128 e. The fraction of sp³-hybridized carbons (Fsp3) is 0.357. The van der Waals surface area contributed by atoms with Crippen molar-refractivity contribution in [1.82, 2.24) is 9.78 Å². The summed E-state index contributed by atoms with van der Waals surface area (Å²) in [7, 11) is 1.67. The number of hydrogen-bond donors (Lipinski definition) is 1. The first-order chi connectivity index (χ1) is 9.24. The predicted octanol–water partition coefficient (Wildman–Crippen LogP) is 3.20. The van der Waals surface area contributed by atoms with Crippen molar-refractivity contribution >= 4 is 17.4 Å². The first kappa shape index (κ1) is 12.4. The second-order valence-electron chi connectivity index (χ2n) is 4.51. The van der Waals surface area contributed by atoms with Gasteiger partial charge in [0.2, 0.25) is 0 Å². The lowest BCUT2D eigenvalue weighted by Crippen LogP contribution is -2.04. The summed E-state index contributed by atoms with van der Waals surface area (Å²) in [5.74, 6) is 1.93. The van der Waals surface area contributed by atoms with E-state index < -0.39 is 0 Å². The van der Waals surface area contributed by atoms with Crippen LogP contribution >= 0.6 is 11.6 Å². The van der Waals surface area contributed by atoms with Crippen LogP contribution in [0.25, 0.3) is 11.3 Å². The molecule has 1 aliphatic rings. The first-order valence-corrected chi connectivity index (χ1v) is 6.80. The van der Waals surface area contributed by atoms with Gasteiger partial charge in [-0.15, -0.1) is 0 Å². The Morgan fingerprint density at radius 2 is 2.32 bits per heavy atom. The number of hydrogen-bond acceptors (Lipinski definition) is 3. The molecule has 4 nitrogen and oxygen atoms in total. The molecule has 0 aliphatic carbocycles. The molecule has 0 saturated heterocycles. The fourth-order valence-electron chi connectivity index (χ4n) is 2.55. The van der Waals surface area contributed by atoms with Crippen LogP contribution in [0.2, 0.25) is 5.02 Å². The van der Waals surface area contributed by atoms with E-state index in [1.54, 1.807) is 7.11 Å². The Morgan fingerprint density at radius 3 is 3.05 bits per heavy atom. The minimum absolute atomic E-state index is 0.696. The van der Waals surface area contributed by atoms with Crippen LogP contribution in [0, 0.1) is 0 Å². The molecule has 1 aromatic heterocycles. The molecule has 3 rings (SSSR count). The number of methoxy groups -OCH3 is 1. The highest BCUT2D eigenvalue weighted by Crippen LogP contribution is 2.38. The fourth-order valence-corrected chi connectivity index (χ4v) is 2.72. The van der Waals surface area contributed by atoms with Gasteiger partial charge in [-0.05, 0) is 31.5 Å². The van der Waals surface area contributed by atoms with E-state index in [1.165, 1.54) is 5.56 Å². The summed E-state index contributed by atoms with van der Waals surface area (Å²) in [5, 5.41) is 8.77. The second kappa shape index (κ2) is 4.78. The Labute approximate surface area is 117 Å². The van der Waals surface area contributed by atoms with Crippen LogP contribution in [0.4, 0.5) is 5.82 Å². The summed E-state index contributed by atoms with van der Waals surface area (Å²) in [6.07, 6.45) is 0.986. The van der Waals surface area contributed by atoms with E-state index in [-0.39, 0.29) is 0 Å². The van der Waals surface area contributed by atoms with E-state index >= 15 is 0 Å². The zero-order valence-corrected chi connectivity index (χ0v) is 11.8. The topological polar surface area (TPSA) is 39.1 Å². The van der Waals surface area contributed by atoms with Crippen LogP contribution in [0.1, 0.15) is 12.5 Å². The number of fused-ring (bicyclic) bond motifs is 1. The third-order valence-corrected chi connectivity index (χ3v) is 3.67. The molecule has 1 aliphatic heterocycles. The zero-order valence-electron chi connectivity index (χ0n) is 11.0. The van der Waals surface area contributed by atoms with Gasteiger partial charge in [0.25, 0.3) is 0 Å². The van der Waals surface area contributed by atoms with Crippen LogP contribution in [0.3, 0.4) is 0 Å². The molecule has 19 heavy (non-hydrogen) atoms. The summed E-state index contributed by atoms with van der Waals surface area (Å²) in [6.45, 7) is 3.90. The first-order valence-electron chi connectivity index (χ1n) is 6.42. The van der Waals surface area contributed by atoms with Gasteiger partial charge >= 0.3 is 0 Å². The third kappa shape index (κ3) is 1.96. The largest absolute Gasteiger partial charge is 0.496 e. The molecular weight excluding hydrogens is 262 g/mol. The molecule has 100 valence electrons. The quantitative estimate of drug-likeness (QED) is 0.936. The Hall–Kier alpha value is -1.68. The Balaban J connectivity index is 2.20. The number of halogens is 1. The van der Waals surface area contributed by atoms with E-state index in [0.29, 0.717) is 5.02 Å². The monoisotopic (exact) mass is 277 g/mol. The molecule has 0 saturated carbocycles. The van der Waals surface area contributed by atoms with E-state index in [1.807, 2.05) is 22.9 Å². The van der Waals surface area contributed by atoms with Gasteiger partial charge in [-0.25, -0.2) is 4.68 Å². The van der Waals surface area contributed by atoms with Crippen LogP contribution in [-0.2, 0) is 13.0 Å². The number of rotatable bonds is 3. The summed E-state index contributed by atoms with van der Waals surface area (Å²) in [6, 6.07) is 5.64. The molecule has 0 unspecified atom stereocenters. The maximum absolute atomic E-state index is 6.11. The number of aromatic nitrogens is 2. The van der Waals surface area contributed by atoms with Gasteiger partial charge in [0.1, 0.15) is 17.3 Å². The van der Waals surface area contributed by atoms with Gasteiger partial charge < -0.3 is 10.1 Å². The number of anilines is 1. The highest BCUT2D eigenvalue weighted by atomic mass is 35.5. The molecule has 0 radical (unpaired) electrons. The van der Waals surface area contributed by atoms with Crippen molar-refractivity contribution in [2.75, 3.05) is 19.0 Å². The minimum Gasteiger partial charge on any atom is -0.496 e. The standard InChI is InChI=1S/C14H16ClN3O/c1-3-18-14-10(6-7-16-14)13(17-18)11-8-9(15)4-5-12(11)19-2/h4-5,8,16H,3,6-7H2,1-2H3. The number of ether oxygens (including phenoxy) is 1. The molecule has 2 aromatic rings. The lowest BCUT2D eigenvalue weighted by atomic mass is 10.1. The molecule has 0 fully saturated rings. The van der Waals surface area contributed by atoms with Gasteiger partial charge in [0.05, 0.1) is 7.11 Å². The average molecular weight is 278 g/mol. The second-order valence-corrected chi connectivity index (χ2v) is 4.95. The summed E-state index contributed by atoms with van der Waals surface area (Å²) < 4.78 is 7.43. The van der Waals surface area contributed by atoms with Crippen LogP contribution in [-0.4, -0.2) is 23.4 Å². The van der Waals surface area contributed by atoms with Gasteiger partial charge in [-0.1, -0.05) is 11.6 Å². The number of benzene rings is 1. The Morgan fingerprint density at radius 1 is 1.47 bits per heavy atom. The highest BCUT2D eigenvalue weighted by molar-refractivity contribution is 6.31. The normalized spacial score (nSPS) is 13.2. The number of aryl methyl sites for hydroxylation is 1. The molecule has 0 bridgehead atoms. The molecule has 0 spiro atoms. The van der Waals surface area contributed by atoms with Crippen molar-refractivity contribution in [1.29, 1.82) is 0 Å². The van der Waals surface area contributed by atoms with Crippen molar-refractivity contribution in [3.05, 3.63) is 28.8 Å². The lowest BCUT2D eigenvalue weighted by molar-refractivity contribution is 0.416. The van der Waals surface area contributed by atoms with E-state index in [9.17, 15) is 0 Å². The predicted molar refractivity (Wildman–Crippen MR) is 77.1 cm³/mol. The van der Waals surface area contributed by atoms with Gasteiger partial charge in [-0.2, -0.15) is 5.10 Å². The molecular formula is C14H16ClN3O. The van der Waals surface area contributed by atoms with Crippen molar-refractivity contribution in [3.8, 4) is 17.0 Å². The van der Waals surface area contributed by atoms with Crippen molar-refractivity contribution in [2.24, 2.45) is 0 Å². The molecule has 5 heteroatoms. The van der Waals surface area contributed by atoms with Gasteiger partial charge in [0, 0.05) is 29.2 Å². The Kier molecular flexibility index (Phi) is 3.11. The van der Waals surface area contributed by atoms with E-state index in [0.717, 1.165) is 42.3 Å². The number of nitrogens with zero attached hydrogens (tertiary/aromatic N) is 2. The molecule has 2 heterocycles. The van der Waals surface area contributed by atoms with Crippen LogP contribution < -0.4 is 10.1 Å². The highest BCUT2D eigenvalue weighted by Gasteiger charge is 2.24. The van der Waals surface area contributed by atoms with Crippen molar-refractivity contribution in [2.45, 2.75) is 19.9 Å². The zero-order chi connectivity index (χ0) is 13.4. The van der Waals surface area contributed by atoms with E-state index in [4.69, 9.17) is 16.3 Å².